The van der Waals surface area contributed by atoms with Crippen LogP contribution >= 0.6 is 11.3 Å². The molecule has 1 N–H and O–H groups in total. The van der Waals surface area contributed by atoms with Crippen LogP contribution in [0.3, 0.4) is 0 Å². The van der Waals surface area contributed by atoms with E-state index in [0.29, 0.717) is 30.5 Å². The highest BCUT2D eigenvalue weighted by molar-refractivity contribution is 7.12. The van der Waals surface area contributed by atoms with Gasteiger partial charge in [-0.3, -0.25) is 9.59 Å². The van der Waals surface area contributed by atoms with Gasteiger partial charge in [-0.15, -0.1) is 11.3 Å². The van der Waals surface area contributed by atoms with Crippen LogP contribution in [0.5, 0.6) is 0 Å². The van der Waals surface area contributed by atoms with Crippen molar-refractivity contribution in [3.8, 4) is 0 Å². The van der Waals surface area contributed by atoms with Crippen LogP contribution in [0.1, 0.15) is 41.8 Å². The van der Waals surface area contributed by atoms with Crippen molar-refractivity contribution in [2.45, 2.75) is 38.1 Å². The Hall–Kier alpha value is -1.44. The number of carbonyl (C=O) groups is 2. The van der Waals surface area contributed by atoms with Gasteiger partial charge in [-0.1, -0.05) is 6.07 Å². The Bertz CT molecular complexity index is 572. The third-order valence-electron chi connectivity index (χ3n) is 5.01. The van der Waals surface area contributed by atoms with Gasteiger partial charge in [-0.05, 0) is 49.5 Å². The molecule has 144 valence electrons. The Morgan fingerprint density at radius 2 is 2.15 bits per heavy atom. The zero-order valence-electron chi connectivity index (χ0n) is 15.2. The summed E-state index contributed by atoms with van der Waals surface area (Å²) < 4.78 is 11.1. The molecule has 0 unspecified atom stereocenters. The minimum Gasteiger partial charge on any atom is -0.381 e. The topological polar surface area (TPSA) is 67.9 Å². The first kappa shape index (κ1) is 19.3. The van der Waals surface area contributed by atoms with E-state index in [1.807, 2.05) is 17.5 Å². The van der Waals surface area contributed by atoms with Crippen LogP contribution in [-0.2, 0) is 14.3 Å². The van der Waals surface area contributed by atoms with Crippen molar-refractivity contribution >= 4 is 23.2 Å². The number of amides is 2. The van der Waals surface area contributed by atoms with Crippen molar-refractivity contribution < 1.29 is 19.1 Å². The Balaban J connectivity index is 1.33. The highest BCUT2D eigenvalue weighted by Crippen LogP contribution is 2.22. The highest BCUT2D eigenvalue weighted by atomic mass is 32.1. The van der Waals surface area contributed by atoms with Gasteiger partial charge in [0, 0.05) is 39.5 Å². The number of hydrogen-bond donors (Lipinski definition) is 1. The fourth-order valence-corrected chi connectivity index (χ4v) is 4.17. The lowest BCUT2D eigenvalue weighted by atomic mass is 10.0. The molecule has 2 aliphatic rings. The number of thiophene rings is 1. The number of ether oxygens (including phenoxy) is 2. The molecular formula is C19H28N2O4S. The van der Waals surface area contributed by atoms with Crippen molar-refractivity contribution in [3.63, 3.8) is 0 Å². The molecule has 2 saturated heterocycles. The Morgan fingerprint density at radius 1 is 1.31 bits per heavy atom. The smallest absolute Gasteiger partial charge is 0.264 e. The van der Waals surface area contributed by atoms with E-state index in [9.17, 15) is 9.59 Å². The van der Waals surface area contributed by atoms with Crippen LogP contribution in [0.25, 0.3) is 0 Å². The molecule has 0 aliphatic carbocycles. The molecule has 0 aromatic carbocycles. The van der Waals surface area contributed by atoms with E-state index < -0.39 is 0 Å². The molecule has 2 aliphatic heterocycles. The van der Waals surface area contributed by atoms with Gasteiger partial charge >= 0.3 is 0 Å². The van der Waals surface area contributed by atoms with Gasteiger partial charge in [0.1, 0.15) is 6.04 Å². The van der Waals surface area contributed by atoms with Gasteiger partial charge in [0.2, 0.25) is 5.91 Å². The van der Waals surface area contributed by atoms with Gasteiger partial charge in [0.25, 0.3) is 5.91 Å². The number of nitrogens with zero attached hydrogens (tertiary/aromatic N) is 1. The standard InChI is InChI=1S/C19H28N2O4S/c22-18(20-8-3-10-25-14-15-6-11-24-12-7-15)16-4-1-9-21(16)19(23)17-5-2-13-26-17/h2,5,13,15-16H,1,3-4,6-12,14H2,(H,20,22)/t16-/m0/s1. The largest absolute Gasteiger partial charge is 0.381 e. The molecule has 3 heterocycles. The van der Waals surface area contributed by atoms with Crippen LogP contribution in [0.4, 0.5) is 0 Å². The first-order chi connectivity index (χ1) is 12.8. The number of carbonyl (C=O) groups excluding carboxylic acids is 2. The molecule has 2 fully saturated rings. The zero-order chi connectivity index (χ0) is 18.2. The summed E-state index contributed by atoms with van der Waals surface area (Å²) in [6.07, 6.45) is 4.56. The van der Waals surface area contributed by atoms with E-state index in [1.54, 1.807) is 4.90 Å². The Morgan fingerprint density at radius 3 is 2.92 bits per heavy atom. The van der Waals surface area contributed by atoms with Crippen LogP contribution in [0.2, 0.25) is 0 Å². The van der Waals surface area contributed by atoms with Gasteiger partial charge in [0.05, 0.1) is 4.88 Å². The number of likely N-dealkylation sites (tertiary alicyclic amines) is 1. The van der Waals surface area contributed by atoms with Crippen molar-refractivity contribution in [1.29, 1.82) is 0 Å². The minimum atomic E-state index is -0.340. The summed E-state index contributed by atoms with van der Waals surface area (Å²) in [5, 5.41) is 4.85. The molecule has 1 atom stereocenters. The average Bonchev–Trinajstić information content (AvgIpc) is 3.36. The molecule has 26 heavy (non-hydrogen) atoms. The number of rotatable bonds is 8. The summed E-state index contributed by atoms with van der Waals surface area (Å²) in [6, 6.07) is 3.34. The van der Waals surface area contributed by atoms with Crippen molar-refractivity contribution in [3.05, 3.63) is 22.4 Å². The Labute approximate surface area is 158 Å². The van der Waals surface area contributed by atoms with Crippen molar-refractivity contribution in [2.75, 3.05) is 39.5 Å². The van der Waals surface area contributed by atoms with E-state index in [-0.39, 0.29) is 17.9 Å². The third kappa shape index (κ3) is 5.28. The fourth-order valence-electron chi connectivity index (χ4n) is 3.49. The first-order valence-electron chi connectivity index (χ1n) is 9.53. The van der Waals surface area contributed by atoms with Gasteiger partial charge in [0.15, 0.2) is 0 Å². The molecule has 7 heteroatoms. The summed E-state index contributed by atoms with van der Waals surface area (Å²) in [5.74, 6) is 0.530. The number of nitrogens with one attached hydrogen (secondary N) is 1. The third-order valence-corrected chi connectivity index (χ3v) is 5.87. The maximum atomic E-state index is 12.5. The predicted molar refractivity (Wildman–Crippen MR) is 100 cm³/mol. The maximum absolute atomic E-state index is 12.5. The molecule has 0 radical (unpaired) electrons. The van der Waals surface area contributed by atoms with E-state index in [4.69, 9.17) is 9.47 Å². The molecule has 0 bridgehead atoms. The Kier molecular flexibility index (Phi) is 7.46. The van der Waals surface area contributed by atoms with E-state index in [2.05, 4.69) is 5.32 Å². The van der Waals surface area contributed by atoms with Crippen LogP contribution in [-0.4, -0.2) is 62.3 Å². The predicted octanol–water partition coefficient (Wildman–Crippen LogP) is 2.30. The van der Waals surface area contributed by atoms with E-state index >= 15 is 0 Å². The molecule has 0 saturated carbocycles. The lowest BCUT2D eigenvalue weighted by Gasteiger charge is -2.23. The summed E-state index contributed by atoms with van der Waals surface area (Å²) in [5.41, 5.74) is 0. The monoisotopic (exact) mass is 380 g/mol. The second-order valence-corrected chi connectivity index (χ2v) is 7.86. The molecule has 1 aromatic rings. The lowest BCUT2D eigenvalue weighted by molar-refractivity contribution is -0.124. The molecule has 2 amide bonds. The van der Waals surface area contributed by atoms with Gasteiger partial charge in [-0.2, -0.15) is 0 Å². The maximum Gasteiger partial charge on any atom is 0.264 e. The minimum absolute atomic E-state index is 0.0301. The van der Waals surface area contributed by atoms with E-state index in [1.165, 1.54) is 11.3 Å². The fraction of sp³-hybridized carbons (Fsp3) is 0.684. The lowest BCUT2D eigenvalue weighted by Crippen LogP contribution is -2.46. The summed E-state index contributed by atoms with van der Waals surface area (Å²) in [4.78, 5) is 27.4. The molecular weight excluding hydrogens is 352 g/mol. The number of hydrogen-bond acceptors (Lipinski definition) is 5. The summed E-state index contributed by atoms with van der Waals surface area (Å²) >= 11 is 1.42. The normalized spacial score (nSPS) is 21.1. The van der Waals surface area contributed by atoms with Gasteiger partial charge < -0.3 is 19.7 Å². The second-order valence-electron chi connectivity index (χ2n) is 6.91. The van der Waals surface area contributed by atoms with Crippen LogP contribution < -0.4 is 5.32 Å². The first-order valence-corrected chi connectivity index (χ1v) is 10.4. The zero-order valence-corrected chi connectivity index (χ0v) is 16.0. The van der Waals surface area contributed by atoms with Crippen molar-refractivity contribution in [1.82, 2.24) is 10.2 Å². The summed E-state index contributed by atoms with van der Waals surface area (Å²) in [7, 11) is 0. The highest BCUT2D eigenvalue weighted by Gasteiger charge is 2.34. The SMILES string of the molecule is O=C(NCCCOCC1CCOCC1)[C@@H]1CCCN1C(=O)c1cccs1. The van der Waals surface area contributed by atoms with E-state index in [0.717, 1.165) is 51.9 Å². The van der Waals surface area contributed by atoms with Gasteiger partial charge in [-0.25, -0.2) is 0 Å². The molecule has 6 nitrogen and oxygen atoms in total. The molecule has 0 spiro atoms. The van der Waals surface area contributed by atoms with Crippen LogP contribution in [0, 0.1) is 5.92 Å². The quantitative estimate of drug-likeness (QED) is 0.703. The van der Waals surface area contributed by atoms with Crippen LogP contribution in [0.15, 0.2) is 17.5 Å². The van der Waals surface area contributed by atoms with Crippen molar-refractivity contribution in [2.24, 2.45) is 5.92 Å². The average molecular weight is 381 g/mol. The molecule has 3 rings (SSSR count). The summed E-state index contributed by atoms with van der Waals surface area (Å²) in [6.45, 7) is 4.36. The second kappa shape index (κ2) is 10.0. The molecule has 1 aromatic heterocycles.